The van der Waals surface area contributed by atoms with Crippen LogP contribution in [-0.2, 0) is 25.6 Å². The Balaban J connectivity index is 2.00. The van der Waals surface area contributed by atoms with E-state index in [1.807, 2.05) is 36.7 Å². The summed E-state index contributed by atoms with van der Waals surface area (Å²) in [6.07, 6.45) is 4.30. The van der Waals surface area contributed by atoms with Gasteiger partial charge in [-0.2, -0.15) is 24.4 Å². The number of benzene rings is 1. The number of hydrogen-bond acceptors (Lipinski definition) is 7. The molecule has 0 saturated carbocycles. The molecule has 186 valence electrons. The molecule has 1 aromatic carbocycles. The van der Waals surface area contributed by atoms with Gasteiger partial charge in [0.1, 0.15) is 18.1 Å². The Kier molecular flexibility index (Phi) is 10.7. The average Bonchev–Trinajstić information content (AvgIpc) is 3.22. The Labute approximate surface area is 207 Å². The van der Waals surface area contributed by atoms with Gasteiger partial charge in [-0.25, -0.2) is 4.79 Å². The van der Waals surface area contributed by atoms with Crippen molar-refractivity contribution in [3.8, 4) is 0 Å². The highest BCUT2D eigenvalue weighted by atomic mass is 32.2. The van der Waals surface area contributed by atoms with E-state index in [1.54, 1.807) is 0 Å². The van der Waals surface area contributed by atoms with Gasteiger partial charge in [-0.3, -0.25) is 14.4 Å². The summed E-state index contributed by atoms with van der Waals surface area (Å²) < 4.78 is 0. The number of carboxylic acids is 1. The molecule has 34 heavy (non-hydrogen) atoms. The minimum absolute atomic E-state index is 0.0948. The number of para-hydroxylation sites is 1. The van der Waals surface area contributed by atoms with Crippen LogP contribution in [0.1, 0.15) is 18.9 Å². The summed E-state index contributed by atoms with van der Waals surface area (Å²) in [6.45, 7) is 1.43. The zero-order valence-corrected chi connectivity index (χ0v) is 20.7. The lowest BCUT2D eigenvalue weighted by Gasteiger charge is -2.23. The number of nitrogens with one attached hydrogen (secondary N) is 4. The van der Waals surface area contributed by atoms with Gasteiger partial charge < -0.3 is 31.8 Å². The number of rotatable bonds is 13. The van der Waals surface area contributed by atoms with E-state index in [0.717, 1.165) is 16.5 Å². The van der Waals surface area contributed by atoms with Crippen LogP contribution in [0.4, 0.5) is 0 Å². The van der Waals surface area contributed by atoms with E-state index in [2.05, 4.69) is 33.6 Å². The fraction of sp³-hybridized carbons (Fsp3) is 0.455. The molecule has 0 aliphatic rings. The van der Waals surface area contributed by atoms with E-state index >= 15 is 0 Å². The van der Waals surface area contributed by atoms with Gasteiger partial charge in [-0.1, -0.05) is 18.2 Å². The maximum absolute atomic E-state index is 12.8. The number of amides is 3. The van der Waals surface area contributed by atoms with Crippen molar-refractivity contribution in [2.45, 2.75) is 43.9 Å². The zero-order chi connectivity index (χ0) is 25.3. The molecule has 10 nitrogen and oxygen atoms in total. The van der Waals surface area contributed by atoms with Crippen LogP contribution in [0, 0.1) is 0 Å². The van der Waals surface area contributed by atoms with Crippen molar-refractivity contribution < 1.29 is 24.3 Å². The summed E-state index contributed by atoms with van der Waals surface area (Å²) in [5, 5.41) is 17.6. The fourth-order valence-electron chi connectivity index (χ4n) is 3.28. The van der Waals surface area contributed by atoms with Crippen molar-refractivity contribution in [2.24, 2.45) is 5.73 Å². The van der Waals surface area contributed by atoms with Crippen LogP contribution >= 0.6 is 24.4 Å². The van der Waals surface area contributed by atoms with Gasteiger partial charge in [-0.15, -0.1) is 0 Å². The molecule has 4 atom stereocenters. The number of carbonyl (C=O) groups is 4. The number of aliphatic carboxylic acids is 1. The summed E-state index contributed by atoms with van der Waals surface area (Å²) in [5.74, 6) is -2.43. The first-order valence-electron chi connectivity index (χ1n) is 10.7. The maximum atomic E-state index is 12.8. The van der Waals surface area contributed by atoms with Crippen molar-refractivity contribution in [2.75, 3.05) is 17.8 Å². The van der Waals surface area contributed by atoms with Crippen LogP contribution in [0.5, 0.6) is 0 Å². The predicted octanol–water partition coefficient (Wildman–Crippen LogP) is 0.280. The van der Waals surface area contributed by atoms with Crippen molar-refractivity contribution in [1.82, 2.24) is 20.9 Å². The Bertz CT molecular complexity index is 1010. The second-order valence-electron chi connectivity index (χ2n) is 7.83. The Morgan fingerprint density at radius 2 is 1.76 bits per heavy atom. The molecule has 1 aromatic heterocycles. The third-order valence-corrected chi connectivity index (χ3v) is 6.25. The monoisotopic (exact) mass is 509 g/mol. The number of aromatic amines is 1. The number of hydrogen-bond donors (Lipinski definition) is 7. The van der Waals surface area contributed by atoms with Gasteiger partial charge in [0.2, 0.25) is 17.7 Å². The lowest BCUT2D eigenvalue weighted by atomic mass is 10.0. The van der Waals surface area contributed by atoms with E-state index < -0.39 is 47.9 Å². The molecule has 0 aliphatic heterocycles. The molecule has 3 amide bonds. The normalized spacial score (nSPS) is 14.6. The van der Waals surface area contributed by atoms with Crippen LogP contribution < -0.4 is 21.7 Å². The number of carbonyl (C=O) groups excluding carboxylic acids is 3. The first kappa shape index (κ1) is 27.5. The van der Waals surface area contributed by atoms with Gasteiger partial charge in [-0.05, 0) is 43.4 Å². The number of aromatic nitrogens is 1. The largest absolute Gasteiger partial charge is 0.480 e. The lowest BCUT2D eigenvalue weighted by Crippen LogP contribution is -2.56. The second-order valence-corrected chi connectivity index (χ2v) is 9.18. The summed E-state index contributed by atoms with van der Waals surface area (Å²) in [7, 11) is 0. The zero-order valence-electron chi connectivity index (χ0n) is 19.0. The van der Waals surface area contributed by atoms with Gasteiger partial charge in [0.05, 0.1) is 6.04 Å². The van der Waals surface area contributed by atoms with Crippen LogP contribution in [-0.4, -0.2) is 75.7 Å². The minimum atomic E-state index is -1.23. The molecule has 0 fully saturated rings. The standard InChI is InChI=1S/C22H31N5O5S2/c1-12(19(28)27-18(11-33)22(31)32)25-21(30)17(7-8-34-2)26-20(29)15(23)9-13-10-24-16-6-4-3-5-14(13)16/h3-6,10,12,15,17-18,24,33H,7-9,11,23H2,1-2H3,(H,25,30)(H,26,29)(H,27,28)(H,31,32). The van der Waals surface area contributed by atoms with Crippen LogP contribution in [0.3, 0.4) is 0 Å². The summed E-state index contributed by atoms with van der Waals surface area (Å²) in [6, 6.07) is 3.72. The van der Waals surface area contributed by atoms with Crippen LogP contribution in [0.25, 0.3) is 10.9 Å². The van der Waals surface area contributed by atoms with Crippen LogP contribution in [0.15, 0.2) is 30.5 Å². The quantitative estimate of drug-likeness (QED) is 0.190. The second kappa shape index (κ2) is 13.3. The van der Waals surface area contributed by atoms with Crippen molar-refractivity contribution in [1.29, 1.82) is 0 Å². The van der Waals surface area contributed by atoms with Gasteiger partial charge in [0.25, 0.3) is 0 Å². The van der Waals surface area contributed by atoms with E-state index in [9.17, 15) is 19.2 Å². The molecule has 4 unspecified atom stereocenters. The molecule has 2 aromatic rings. The van der Waals surface area contributed by atoms with E-state index in [1.165, 1.54) is 18.7 Å². The Morgan fingerprint density at radius 3 is 2.41 bits per heavy atom. The number of thiol groups is 1. The molecule has 12 heteroatoms. The highest BCUT2D eigenvalue weighted by molar-refractivity contribution is 7.98. The highest BCUT2D eigenvalue weighted by Crippen LogP contribution is 2.18. The van der Waals surface area contributed by atoms with E-state index in [4.69, 9.17) is 10.8 Å². The third kappa shape index (κ3) is 7.67. The molecule has 7 N–H and O–H groups in total. The summed E-state index contributed by atoms with van der Waals surface area (Å²) in [5.41, 5.74) is 7.97. The van der Waals surface area contributed by atoms with Crippen molar-refractivity contribution in [3.63, 3.8) is 0 Å². The van der Waals surface area contributed by atoms with E-state index in [-0.39, 0.29) is 12.2 Å². The summed E-state index contributed by atoms with van der Waals surface area (Å²) in [4.78, 5) is 52.1. The molecule has 0 aliphatic carbocycles. The van der Waals surface area contributed by atoms with Gasteiger partial charge in [0.15, 0.2) is 0 Å². The number of nitrogens with two attached hydrogens (primary N) is 1. The lowest BCUT2D eigenvalue weighted by molar-refractivity contribution is -0.141. The Morgan fingerprint density at radius 1 is 1.09 bits per heavy atom. The van der Waals surface area contributed by atoms with Crippen molar-refractivity contribution in [3.05, 3.63) is 36.0 Å². The predicted molar refractivity (Wildman–Crippen MR) is 136 cm³/mol. The molecule has 0 saturated heterocycles. The molecule has 1 heterocycles. The number of thioether (sulfide) groups is 1. The number of carboxylic acid groups (broad SMARTS) is 1. The fourth-order valence-corrected chi connectivity index (χ4v) is 3.99. The smallest absolute Gasteiger partial charge is 0.327 e. The third-order valence-electron chi connectivity index (χ3n) is 5.24. The summed E-state index contributed by atoms with van der Waals surface area (Å²) >= 11 is 5.41. The van der Waals surface area contributed by atoms with Gasteiger partial charge >= 0.3 is 5.97 Å². The molecule has 2 rings (SSSR count). The van der Waals surface area contributed by atoms with Crippen LogP contribution in [0.2, 0.25) is 0 Å². The maximum Gasteiger partial charge on any atom is 0.327 e. The molecular weight excluding hydrogens is 478 g/mol. The first-order valence-corrected chi connectivity index (χ1v) is 12.7. The average molecular weight is 510 g/mol. The SMILES string of the molecule is CSCCC(NC(=O)C(N)Cc1c[nH]c2ccccc12)C(=O)NC(C)C(=O)NC(CS)C(=O)O. The number of fused-ring (bicyclic) bond motifs is 1. The molecular formula is C22H31N5O5S2. The molecule has 0 bridgehead atoms. The van der Waals surface area contributed by atoms with Crippen molar-refractivity contribution >= 4 is 59.0 Å². The molecule has 0 radical (unpaired) electrons. The van der Waals surface area contributed by atoms with Gasteiger partial charge in [0, 0.05) is 22.9 Å². The minimum Gasteiger partial charge on any atom is -0.480 e. The highest BCUT2D eigenvalue weighted by Gasteiger charge is 2.28. The topological polar surface area (TPSA) is 166 Å². The molecule has 0 spiro atoms. The number of H-pyrrole nitrogens is 1. The first-order chi connectivity index (χ1) is 16.2. The van der Waals surface area contributed by atoms with E-state index in [0.29, 0.717) is 12.2 Å². The Hall–Kier alpha value is -2.70.